The lowest BCUT2D eigenvalue weighted by atomic mass is 10.0. The summed E-state index contributed by atoms with van der Waals surface area (Å²) in [5.41, 5.74) is 1.17. The Hall–Kier alpha value is -3.21. The lowest BCUT2D eigenvalue weighted by Crippen LogP contribution is -2.02. The van der Waals surface area contributed by atoms with E-state index < -0.39 is 5.97 Å². The number of ether oxygens (including phenoxy) is 2. The summed E-state index contributed by atoms with van der Waals surface area (Å²) < 4.78 is 11.0. The van der Waals surface area contributed by atoms with E-state index in [1.54, 1.807) is 0 Å². The molecule has 5 heteroatoms. The second kappa shape index (κ2) is 4.91. The molecule has 2 N–H and O–H groups in total. The molecular weight excluding hydrogens is 296 g/mol. The first-order valence-electron chi connectivity index (χ1n) is 7.05. The van der Waals surface area contributed by atoms with Gasteiger partial charge >= 0.3 is 5.97 Å². The van der Waals surface area contributed by atoms with Gasteiger partial charge in [-0.2, -0.15) is 0 Å². The van der Waals surface area contributed by atoms with Gasteiger partial charge in [0, 0.05) is 16.8 Å². The first-order valence-corrected chi connectivity index (χ1v) is 7.05. The fourth-order valence-electron chi connectivity index (χ4n) is 2.72. The Morgan fingerprint density at radius 1 is 1.04 bits per heavy atom. The smallest absolute Gasteiger partial charge is 0.344 e. The van der Waals surface area contributed by atoms with E-state index >= 15 is 0 Å². The van der Waals surface area contributed by atoms with E-state index in [2.05, 4.69) is 0 Å². The summed E-state index contributed by atoms with van der Waals surface area (Å²) in [5, 5.41) is 20.7. The van der Waals surface area contributed by atoms with Gasteiger partial charge in [0.05, 0.1) is 5.56 Å². The Morgan fingerprint density at radius 2 is 1.83 bits per heavy atom. The molecule has 1 heterocycles. The largest absolute Gasteiger partial charge is 0.508 e. The minimum Gasteiger partial charge on any atom is -0.508 e. The monoisotopic (exact) mass is 308 g/mol. The average Bonchev–Trinajstić information content (AvgIpc) is 2.88. The average molecular weight is 308 g/mol. The van der Waals surface area contributed by atoms with Crippen LogP contribution in [0.25, 0.3) is 10.8 Å². The van der Waals surface area contributed by atoms with Crippen LogP contribution in [0.5, 0.6) is 23.0 Å². The third kappa shape index (κ3) is 2.14. The number of phenolic OH excluding ortho intramolecular Hbond substituents is 2. The molecule has 0 aromatic heterocycles. The van der Waals surface area contributed by atoms with Gasteiger partial charge in [0.25, 0.3) is 0 Å². The maximum absolute atomic E-state index is 12.0. The summed E-state index contributed by atoms with van der Waals surface area (Å²) in [5.74, 6) is -0.200. The Kier molecular flexibility index (Phi) is 2.87. The van der Waals surface area contributed by atoms with Crippen LogP contribution in [0.2, 0.25) is 0 Å². The second-order valence-corrected chi connectivity index (χ2v) is 5.30. The van der Waals surface area contributed by atoms with E-state index in [0.29, 0.717) is 10.8 Å². The van der Waals surface area contributed by atoms with E-state index in [9.17, 15) is 15.0 Å². The van der Waals surface area contributed by atoms with Gasteiger partial charge in [0.1, 0.15) is 18.1 Å². The van der Waals surface area contributed by atoms with Gasteiger partial charge in [-0.15, -0.1) is 0 Å². The molecule has 0 saturated carbocycles. The highest BCUT2D eigenvalue weighted by Crippen LogP contribution is 2.47. The van der Waals surface area contributed by atoms with Gasteiger partial charge in [-0.05, 0) is 17.7 Å². The predicted molar refractivity (Wildman–Crippen MR) is 83.0 cm³/mol. The summed E-state index contributed by atoms with van der Waals surface area (Å²) in [6, 6.07) is 13.6. The topological polar surface area (TPSA) is 76.0 Å². The van der Waals surface area contributed by atoms with Crippen LogP contribution in [0.15, 0.2) is 48.5 Å². The first-order chi connectivity index (χ1) is 11.1. The van der Waals surface area contributed by atoms with Crippen LogP contribution in [-0.2, 0) is 6.61 Å². The molecule has 0 unspecified atom stereocenters. The number of hydrogen-bond acceptors (Lipinski definition) is 5. The van der Waals surface area contributed by atoms with Gasteiger partial charge < -0.3 is 19.7 Å². The molecule has 0 radical (unpaired) electrons. The summed E-state index contributed by atoms with van der Waals surface area (Å²) in [4.78, 5) is 12.0. The zero-order chi connectivity index (χ0) is 16.0. The Balaban J connectivity index is 1.80. The molecule has 114 valence electrons. The summed E-state index contributed by atoms with van der Waals surface area (Å²) >= 11 is 0. The molecule has 23 heavy (non-hydrogen) atoms. The van der Waals surface area contributed by atoms with Gasteiger partial charge in [0.2, 0.25) is 0 Å². The molecule has 3 aromatic carbocycles. The Bertz CT molecular complexity index is 931. The van der Waals surface area contributed by atoms with Gasteiger partial charge in [-0.3, -0.25) is 0 Å². The maximum Gasteiger partial charge on any atom is 0.344 e. The maximum atomic E-state index is 12.0. The number of aromatic hydroxyl groups is 2. The molecule has 5 nitrogen and oxygen atoms in total. The number of carbonyl (C=O) groups excluding carboxylic acids is 1. The molecule has 0 amide bonds. The van der Waals surface area contributed by atoms with Crippen molar-refractivity contribution in [3.63, 3.8) is 0 Å². The van der Waals surface area contributed by atoms with E-state index in [0.717, 1.165) is 5.56 Å². The quantitative estimate of drug-likeness (QED) is 0.573. The third-order valence-electron chi connectivity index (χ3n) is 3.77. The van der Waals surface area contributed by atoms with Crippen LogP contribution in [0.3, 0.4) is 0 Å². The van der Waals surface area contributed by atoms with E-state index in [1.807, 2.05) is 30.3 Å². The molecule has 0 spiro atoms. The molecule has 4 rings (SSSR count). The lowest BCUT2D eigenvalue weighted by molar-refractivity contribution is 0.0747. The normalized spacial score (nSPS) is 12.4. The standard InChI is InChI=1S/C18H12O5/c19-11-6-12-14(20)8-15(22-9-10-4-2-1-3-5-10)17-16(12)13(7-11)18(21)23-17/h1-8,19-20H,9H2. The van der Waals surface area contributed by atoms with Gasteiger partial charge in [0.15, 0.2) is 11.5 Å². The molecule has 3 aromatic rings. The zero-order valence-corrected chi connectivity index (χ0v) is 11.9. The minimum atomic E-state index is -0.573. The summed E-state index contributed by atoms with van der Waals surface area (Å²) in [6.45, 7) is 0.282. The van der Waals surface area contributed by atoms with Crippen LogP contribution in [0.1, 0.15) is 15.9 Å². The SMILES string of the molecule is O=C1Oc2c(OCc3ccccc3)cc(O)c3cc(O)cc1c23. The number of carbonyl (C=O) groups is 1. The van der Waals surface area contributed by atoms with Crippen molar-refractivity contribution in [3.05, 3.63) is 59.7 Å². The number of rotatable bonds is 3. The van der Waals surface area contributed by atoms with Gasteiger partial charge in [-0.25, -0.2) is 4.79 Å². The Morgan fingerprint density at radius 3 is 2.61 bits per heavy atom. The molecule has 0 bridgehead atoms. The third-order valence-corrected chi connectivity index (χ3v) is 3.77. The van der Waals surface area contributed by atoms with Crippen molar-refractivity contribution in [2.45, 2.75) is 6.61 Å². The zero-order valence-electron chi connectivity index (χ0n) is 11.9. The van der Waals surface area contributed by atoms with Crippen molar-refractivity contribution in [1.29, 1.82) is 0 Å². The molecule has 0 saturated heterocycles. The van der Waals surface area contributed by atoms with Crippen molar-refractivity contribution in [1.82, 2.24) is 0 Å². The summed E-state index contributed by atoms with van der Waals surface area (Å²) in [6.07, 6.45) is 0. The number of phenols is 2. The van der Waals surface area contributed by atoms with Crippen molar-refractivity contribution in [2.75, 3.05) is 0 Å². The Labute approximate surface area is 131 Å². The minimum absolute atomic E-state index is 0.0812. The van der Waals surface area contributed by atoms with E-state index in [-0.39, 0.29) is 35.2 Å². The number of benzene rings is 3. The fourth-order valence-corrected chi connectivity index (χ4v) is 2.72. The second-order valence-electron chi connectivity index (χ2n) is 5.30. The lowest BCUT2D eigenvalue weighted by Gasteiger charge is -2.11. The molecule has 0 fully saturated rings. The molecular formula is C18H12O5. The highest BCUT2D eigenvalue weighted by atomic mass is 16.6. The number of esters is 1. The van der Waals surface area contributed by atoms with E-state index in [1.165, 1.54) is 18.2 Å². The molecule has 0 atom stereocenters. The highest BCUT2D eigenvalue weighted by Gasteiger charge is 2.30. The summed E-state index contributed by atoms with van der Waals surface area (Å²) in [7, 11) is 0. The fraction of sp³-hybridized carbons (Fsp3) is 0.0556. The van der Waals surface area contributed by atoms with Crippen molar-refractivity contribution < 1.29 is 24.5 Å². The van der Waals surface area contributed by atoms with Crippen LogP contribution < -0.4 is 9.47 Å². The molecule has 1 aliphatic heterocycles. The van der Waals surface area contributed by atoms with Crippen LogP contribution in [0, 0.1) is 0 Å². The van der Waals surface area contributed by atoms with Crippen LogP contribution in [0.4, 0.5) is 0 Å². The van der Waals surface area contributed by atoms with Crippen LogP contribution in [-0.4, -0.2) is 16.2 Å². The van der Waals surface area contributed by atoms with Crippen molar-refractivity contribution >= 4 is 16.7 Å². The van der Waals surface area contributed by atoms with E-state index in [4.69, 9.17) is 9.47 Å². The predicted octanol–water partition coefficient (Wildman–Crippen LogP) is 3.36. The van der Waals surface area contributed by atoms with Crippen molar-refractivity contribution in [3.8, 4) is 23.0 Å². The highest BCUT2D eigenvalue weighted by molar-refractivity contribution is 6.15. The van der Waals surface area contributed by atoms with Crippen molar-refractivity contribution in [2.24, 2.45) is 0 Å². The van der Waals surface area contributed by atoms with Gasteiger partial charge in [-0.1, -0.05) is 30.3 Å². The number of hydrogen-bond donors (Lipinski definition) is 2. The first kappa shape index (κ1) is 13.5. The molecule has 0 aliphatic carbocycles. The molecule has 1 aliphatic rings. The van der Waals surface area contributed by atoms with Crippen LogP contribution >= 0.6 is 0 Å².